The lowest BCUT2D eigenvalue weighted by Crippen LogP contribution is -2.18. The molecular formula is C10H9IN2O. The maximum Gasteiger partial charge on any atom is 0.241 e. The number of carbonyl (C=O) groups is 1. The Hall–Kier alpha value is -1.09. The molecule has 1 N–H and O–H groups in total. The molecule has 1 atom stereocenters. The van der Waals surface area contributed by atoms with Gasteiger partial charge < -0.3 is 5.32 Å². The highest BCUT2D eigenvalue weighted by Gasteiger charge is 2.10. The molecule has 3 nitrogen and oxygen atoms in total. The van der Waals surface area contributed by atoms with Crippen LogP contribution in [0.25, 0.3) is 0 Å². The van der Waals surface area contributed by atoms with E-state index in [1.807, 2.05) is 30.3 Å². The number of rotatable bonds is 2. The molecule has 0 saturated carbocycles. The van der Waals surface area contributed by atoms with Gasteiger partial charge in [-0.3, -0.25) is 4.79 Å². The molecule has 1 aromatic rings. The molecule has 0 aliphatic heterocycles. The molecule has 0 aliphatic carbocycles. The van der Waals surface area contributed by atoms with Crippen LogP contribution in [-0.4, -0.2) is 5.91 Å². The summed E-state index contributed by atoms with van der Waals surface area (Å²) in [6, 6.07) is 9.29. The average Bonchev–Trinajstić information content (AvgIpc) is 2.20. The summed E-state index contributed by atoms with van der Waals surface area (Å²) in [5, 5.41) is 11.2. The molecule has 1 aromatic carbocycles. The van der Waals surface area contributed by atoms with Crippen LogP contribution < -0.4 is 5.32 Å². The van der Waals surface area contributed by atoms with Crippen molar-refractivity contribution in [2.75, 3.05) is 5.32 Å². The molecule has 0 aliphatic rings. The first kappa shape index (κ1) is 11.0. The molecule has 4 heteroatoms. The van der Waals surface area contributed by atoms with Gasteiger partial charge in [0.25, 0.3) is 0 Å². The zero-order valence-electron chi connectivity index (χ0n) is 7.62. The lowest BCUT2D eigenvalue weighted by atomic mass is 10.2. The zero-order chi connectivity index (χ0) is 10.6. The number of anilines is 1. The van der Waals surface area contributed by atoms with Crippen LogP contribution in [-0.2, 0) is 4.79 Å². The van der Waals surface area contributed by atoms with E-state index in [0.29, 0.717) is 0 Å². The molecule has 0 aromatic heterocycles. The number of nitriles is 1. The molecule has 72 valence electrons. The molecule has 1 rings (SSSR count). The van der Waals surface area contributed by atoms with E-state index >= 15 is 0 Å². The van der Waals surface area contributed by atoms with Gasteiger partial charge in [0.05, 0.1) is 6.07 Å². The number of hydrogen-bond donors (Lipinski definition) is 1. The van der Waals surface area contributed by atoms with Crippen LogP contribution >= 0.6 is 22.6 Å². The first-order valence-electron chi connectivity index (χ1n) is 4.09. The van der Waals surface area contributed by atoms with Crippen LogP contribution in [0, 0.1) is 20.8 Å². The van der Waals surface area contributed by atoms with Gasteiger partial charge in [-0.05, 0) is 53.8 Å². The van der Waals surface area contributed by atoms with Crippen molar-refractivity contribution in [1.82, 2.24) is 0 Å². The van der Waals surface area contributed by atoms with E-state index in [-0.39, 0.29) is 5.91 Å². The van der Waals surface area contributed by atoms with Gasteiger partial charge in [-0.1, -0.05) is 0 Å². The van der Waals surface area contributed by atoms with E-state index in [1.54, 1.807) is 6.92 Å². The summed E-state index contributed by atoms with van der Waals surface area (Å²) in [7, 11) is 0. The van der Waals surface area contributed by atoms with Crippen molar-refractivity contribution in [3.63, 3.8) is 0 Å². The minimum Gasteiger partial charge on any atom is -0.325 e. The molecule has 1 unspecified atom stereocenters. The number of halogens is 1. The summed E-state index contributed by atoms with van der Waals surface area (Å²) in [5.41, 5.74) is 0.720. The fourth-order valence-corrected chi connectivity index (χ4v) is 1.20. The van der Waals surface area contributed by atoms with Gasteiger partial charge in [0.15, 0.2) is 0 Å². The number of benzene rings is 1. The Labute approximate surface area is 96.3 Å². The summed E-state index contributed by atoms with van der Waals surface area (Å²) in [5.74, 6) is -0.886. The topological polar surface area (TPSA) is 52.9 Å². The lowest BCUT2D eigenvalue weighted by Gasteiger charge is -2.05. The van der Waals surface area contributed by atoms with Gasteiger partial charge in [-0.2, -0.15) is 5.26 Å². The molecule has 0 saturated heterocycles. The highest BCUT2D eigenvalue weighted by atomic mass is 127. The van der Waals surface area contributed by atoms with Crippen LogP contribution in [0.2, 0.25) is 0 Å². The Morgan fingerprint density at radius 3 is 2.57 bits per heavy atom. The predicted octanol–water partition coefficient (Wildman–Crippen LogP) is 2.39. The van der Waals surface area contributed by atoms with Crippen molar-refractivity contribution in [2.45, 2.75) is 6.92 Å². The fraction of sp³-hybridized carbons (Fsp3) is 0.200. The van der Waals surface area contributed by atoms with Crippen molar-refractivity contribution in [1.29, 1.82) is 5.26 Å². The van der Waals surface area contributed by atoms with Gasteiger partial charge in [-0.15, -0.1) is 0 Å². The molecular weight excluding hydrogens is 291 g/mol. The predicted molar refractivity (Wildman–Crippen MR) is 62.6 cm³/mol. The number of nitrogens with one attached hydrogen (secondary N) is 1. The number of nitrogens with zero attached hydrogens (tertiary/aromatic N) is 1. The van der Waals surface area contributed by atoms with E-state index in [9.17, 15) is 4.79 Å². The number of carbonyl (C=O) groups excluding carboxylic acids is 1. The van der Waals surface area contributed by atoms with Crippen molar-refractivity contribution in [3.8, 4) is 6.07 Å². The third kappa shape index (κ3) is 3.00. The zero-order valence-corrected chi connectivity index (χ0v) is 9.78. The smallest absolute Gasteiger partial charge is 0.241 e. The van der Waals surface area contributed by atoms with Gasteiger partial charge in [0, 0.05) is 9.26 Å². The van der Waals surface area contributed by atoms with E-state index in [2.05, 4.69) is 27.9 Å². The average molecular weight is 300 g/mol. The number of hydrogen-bond acceptors (Lipinski definition) is 2. The quantitative estimate of drug-likeness (QED) is 0.853. The van der Waals surface area contributed by atoms with Gasteiger partial charge >= 0.3 is 0 Å². The second-order valence-corrected chi connectivity index (χ2v) is 4.09. The molecule has 14 heavy (non-hydrogen) atoms. The maximum absolute atomic E-state index is 11.3. The summed E-state index contributed by atoms with van der Waals surface area (Å²) in [4.78, 5) is 11.3. The van der Waals surface area contributed by atoms with Crippen LogP contribution in [0.15, 0.2) is 24.3 Å². The van der Waals surface area contributed by atoms with Crippen molar-refractivity contribution in [2.24, 2.45) is 5.92 Å². The van der Waals surface area contributed by atoms with Gasteiger partial charge in [-0.25, -0.2) is 0 Å². The Kier molecular flexibility index (Phi) is 3.89. The Balaban J connectivity index is 2.66. The third-order valence-electron chi connectivity index (χ3n) is 1.70. The van der Waals surface area contributed by atoms with E-state index in [4.69, 9.17) is 5.26 Å². The molecule has 0 heterocycles. The van der Waals surface area contributed by atoms with Crippen LogP contribution in [0.3, 0.4) is 0 Å². The fourth-order valence-electron chi connectivity index (χ4n) is 0.842. The van der Waals surface area contributed by atoms with Crippen LogP contribution in [0.4, 0.5) is 5.69 Å². The SMILES string of the molecule is CC(C#N)C(=O)Nc1ccc(I)cc1. The van der Waals surface area contributed by atoms with Crippen LogP contribution in [0.1, 0.15) is 6.92 Å². The van der Waals surface area contributed by atoms with Crippen molar-refractivity contribution < 1.29 is 4.79 Å². The summed E-state index contributed by atoms with van der Waals surface area (Å²) >= 11 is 2.19. The van der Waals surface area contributed by atoms with E-state index < -0.39 is 5.92 Å². The van der Waals surface area contributed by atoms with E-state index in [1.165, 1.54) is 0 Å². The summed E-state index contributed by atoms with van der Waals surface area (Å²) in [6.45, 7) is 1.57. The maximum atomic E-state index is 11.3. The summed E-state index contributed by atoms with van der Waals surface area (Å²) < 4.78 is 1.11. The molecule has 1 amide bonds. The molecule has 0 bridgehead atoms. The standard InChI is InChI=1S/C10H9IN2O/c1-7(6-12)10(14)13-9-4-2-8(11)3-5-9/h2-5,7H,1H3,(H,13,14). The Bertz CT molecular complexity index is 367. The monoisotopic (exact) mass is 300 g/mol. The third-order valence-corrected chi connectivity index (χ3v) is 2.42. The van der Waals surface area contributed by atoms with Gasteiger partial charge in [0.2, 0.25) is 5.91 Å². The largest absolute Gasteiger partial charge is 0.325 e. The normalized spacial score (nSPS) is 11.5. The first-order valence-corrected chi connectivity index (χ1v) is 5.17. The second-order valence-electron chi connectivity index (χ2n) is 2.85. The van der Waals surface area contributed by atoms with Crippen molar-refractivity contribution in [3.05, 3.63) is 27.8 Å². The molecule has 0 fully saturated rings. The Morgan fingerprint density at radius 1 is 1.50 bits per heavy atom. The summed E-state index contributed by atoms with van der Waals surface area (Å²) in [6.07, 6.45) is 0. The number of amides is 1. The molecule has 0 radical (unpaired) electrons. The minimum absolute atomic E-state index is 0.270. The molecule has 0 spiro atoms. The van der Waals surface area contributed by atoms with Crippen molar-refractivity contribution >= 4 is 34.2 Å². The van der Waals surface area contributed by atoms with E-state index in [0.717, 1.165) is 9.26 Å². The Morgan fingerprint density at radius 2 is 2.07 bits per heavy atom. The van der Waals surface area contributed by atoms with Gasteiger partial charge in [0.1, 0.15) is 5.92 Å². The first-order chi connectivity index (χ1) is 6.63. The lowest BCUT2D eigenvalue weighted by molar-refractivity contribution is -0.117. The minimum atomic E-state index is -0.616. The second kappa shape index (κ2) is 4.96. The highest BCUT2D eigenvalue weighted by molar-refractivity contribution is 14.1. The highest BCUT2D eigenvalue weighted by Crippen LogP contribution is 2.11. The van der Waals surface area contributed by atoms with Crippen LogP contribution in [0.5, 0.6) is 0 Å².